The average molecular weight is 347 g/mol. The first-order valence-electron chi connectivity index (χ1n) is 7.92. The molecule has 0 aromatic heterocycles. The number of benzene rings is 2. The third-order valence-electron chi connectivity index (χ3n) is 4.35. The SMILES string of the molecule is CCN1C(=O)C(c2ccccc2)C(=O)Cc2cc(C(F)(F)F)ccc21. The second-order valence-corrected chi connectivity index (χ2v) is 5.91. The molecule has 1 amide bonds. The van der Waals surface area contributed by atoms with Gasteiger partial charge in [0.15, 0.2) is 5.78 Å². The lowest BCUT2D eigenvalue weighted by atomic mass is 9.91. The fourth-order valence-corrected chi connectivity index (χ4v) is 3.17. The van der Waals surface area contributed by atoms with Crippen molar-refractivity contribution in [2.45, 2.75) is 25.4 Å². The zero-order valence-electron chi connectivity index (χ0n) is 13.5. The molecule has 6 heteroatoms. The second kappa shape index (κ2) is 6.35. The van der Waals surface area contributed by atoms with Crippen molar-refractivity contribution in [3.8, 4) is 0 Å². The molecule has 2 aromatic rings. The van der Waals surface area contributed by atoms with Crippen LogP contribution in [0.2, 0.25) is 0 Å². The molecule has 1 heterocycles. The van der Waals surface area contributed by atoms with Crippen LogP contribution in [0.3, 0.4) is 0 Å². The number of anilines is 1. The third kappa shape index (κ3) is 3.16. The minimum atomic E-state index is -4.50. The van der Waals surface area contributed by atoms with E-state index in [0.29, 0.717) is 11.3 Å². The van der Waals surface area contributed by atoms with Crippen LogP contribution >= 0.6 is 0 Å². The molecular weight excluding hydrogens is 331 g/mol. The number of carbonyl (C=O) groups is 2. The summed E-state index contributed by atoms with van der Waals surface area (Å²) in [6, 6.07) is 11.8. The number of fused-ring (bicyclic) bond motifs is 1. The number of hydrogen-bond acceptors (Lipinski definition) is 2. The summed E-state index contributed by atoms with van der Waals surface area (Å²) in [5.74, 6) is -1.80. The molecule has 1 unspecified atom stereocenters. The normalized spacial score (nSPS) is 18.1. The molecule has 0 fully saturated rings. The zero-order valence-corrected chi connectivity index (χ0v) is 13.5. The summed E-state index contributed by atoms with van der Waals surface area (Å²) < 4.78 is 39.0. The predicted octanol–water partition coefficient (Wildman–Crippen LogP) is 3.97. The summed E-state index contributed by atoms with van der Waals surface area (Å²) in [6.07, 6.45) is -4.70. The number of Topliss-reactive ketones (excluding diaryl/α,β-unsaturated/α-hetero) is 1. The summed E-state index contributed by atoms with van der Waals surface area (Å²) in [4.78, 5) is 27.0. The molecular formula is C19H16F3NO2. The van der Waals surface area contributed by atoms with Gasteiger partial charge in [-0.3, -0.25) is 9.59 Å². The van der Waals surface area contributed by atoms with E-state index in [9.17, 15) is 22.8 Å². The fourth-order valence-electron chi connectivity index (χ4n) is 3.17. The quantitative estimate of drug-likeness (QED) is 0.771. The van der Waals surface area contributed by atoms with Gasteiger partial charge in [-0.1, -0.05) is 30.3 Å². The molecule has 1 aliphatic heterocycles. The molecule has 0 spiro atoms. The molecule has 0 saturated carbocycles. The van der Waals surface area contributed by atoms with Crippen LogP contribution in [0, 0.1) is 0 Å². The van der Waals surface area contributed by atoms with E-state index in [1.54, 1.807) is 37.3 Å². The largest absolute Gasteiger partial charge is 0.416 e. The number of likely N-dealkylation sites (N-methyl/N-ethyl adjacent to an activating group) is 1. The molecule has 0 radical (unpaired) electrons. The zero-order chi connectivity index (χ0) is 18.2. The fraction of sp³-hybridized carbons (Fsp3) is 0.263. The lowest BCUT2D eigenvalue weighted by Gasteiger charge is -2.24. The topological polar surface area (TPSA) is 37.4 Å². The Kier molecular flexibility index (Phi) is 4.37. The number of rotatable bonds is 2. The van der Waals surface area contributed by atoms with Gasteiger partial charge in [-0.2, -0.15) is 13.2 Å². The number of hydrogen-bond donors (Lipinski definition) is 0. The molecule has 1 aliphatic rings. The van der Waals surface area contributed by atoms with E-state index in [2.05, 4.69) is 0 Å². The maximum absolute atomic E-state index is 13.0. The van der Waals surface area contributed by atoms with Crippen LogP contribution < -0.4 is 4.90 Å². The predicted molar refractivity (Wildman–Crippen MR) is 87.4 cm³/mol. The lowest BCUT2D eigenvalue weighted by molar-refractivity contribution is -0.137. The van der Waals surface area contributed by atoms with E-state index in [1.165, 1.54) is 11.0 Å². The summed E-state index contributed by atoms with van der Waals surface area (Å²) in [7, 11) is 0. The Hall–Kier alpha value is -2.63. The number of ketones is 1. The van der Waals surface area contributed by atoms with Gasteiger partial charge in [-0.05, 0) is 36.2 Å². The molecule has 25 heavy (non-hydrogen) atoms. The highest BCUT2D eigenvalue weighted by Crippen LogP contribution is 2.36. The van der Waals surface area contributed by atoms with Crippen LogP contribution in [0.15, 0.2) is 48.5 Å². The van der Waals surface area contributed by atoms with Crippen molar-refractivity contribution >= 4 is 17.4 Å². The van der Waals surface area contributed by atoms with Gasteiger partial charge in [0.25, 0.3) is 0 Å². The van der Waals surface area contributed by atoms with Crippen LogP contribution in [0.25, 0.3) is 0 Å². The maximum Gasteiger partial charge on any atom is 0.416 e. The minimum absolute atomic E-state index is 0.207. The van der Waals surface area contributed by atoms with Crippen molar-refractivity contribution in [1.29, 1.82) is 0 Å². The monoisotopic (exact) mass is 347 g/mol. The second-order valence-electron chi connectivity index (χ2n) is 5.91. The first-order chi connectivity index (χ1) is 11.8. The summed E-state index contributed by atoms with van der Waals surface area (Å²) in [5.41, 5.74) is 0.334. The molecule has 1 atom stereocenters. The first-order valence-corrected chi connectivity index (χ1v) is 7.92. The van der Waals surface area contributed by atoms with Crippen LogP contribution in [0.4, 0.5) is 18.9 Å². The number of alkyl halides is 3. The summed E-state index contributed by atoms with van der Waals surface area (Å²) >= 11 is 0. The van der Waals surface area contributed by atoms with Crippen molar-refractivity contribution in [2.75, 3.05) is 11.4 Å². The van der Waals surface area contributed by atoms with Crippen LogP contribution in [0.1, 0.15) is 29.5 Å². The van der Waals surface area contributed by atoms with Gasteiger partial charge in [0.2, 0.25) is 5.91 Å². The van der Waals surface area contributed by atoms with Gasteiger partial charge in [-0.15, -0.1) is 0 Å². The van der Waals surface area contributed by atoms with Crippen molar-refractivity contribution in [3.05, 3.63) is 65.2 Å². The van der Waals surface area contributed by atoms with Crippen molar-refractivity contribution in [1.82, 2.24) is 0 Å². The molecule has 0 N–H and O–H groups in total. The van der Waals surface area contributed by atoms with Crippen molar-refractivity contribution in [2.24, 2.45) is 0 Å². The Bertz CT molecular complexity index is 815. The number of halogens is 3. The van der Waals surface area contributed by atoms with E-state index < -0.39 is 29.3 Å². The maximum atomic E-state index is 13.0. The molecule has 0 saturated heterocycles. The van der Waals surface area contributed by atoms with Crippen molar-refractivity contribution in [3.63, 3.8) is 0 Å². The Balaban J connectivity index is 2.11. The van der Waals surface area contributed by atoms with Gasteiger partial charge in [0.1, 0.15) is 5.92 Å². The van der Waals surface area contributed by atoms with Crippen LogP contribution in [-0.2, 0) is 22.2 Å². The highest BCUT2D eigenvalue weighted by molar-refractivity contribution is 6.15. The van der Waals surface area contributed by atoms with Crippen LogP contribution in [-0.4, -0.2) is 18.2 Å². The van der Waals surface area contributed by atoms with Gasteiger partial charge in [0, 0.05) is 18.7 Å². The lowest BCUT2D eigenvalue weighted by Crippen LogP contribution is -2.36. The van der Waals surface area contributed by atoms with E-state index in [-0.39, 0.29) is 18.5 Å². The minimum Gasteiger partial charge on any atom is -0.311 e. The first kappa shape index (κ1) is 17.2. The Labute approximate surface area is 143 Å². The molecule has 2 aromatic carbocycles. The van der Waals surface area contributed by atoms with Crippen LogP contribution in [0.5, 0.6) is 0 Å². The molecule has 3 nitrogen and oxygen atoms in total. The number of nitrogens with zero attached hydrogens (tertiary/aromatic N) is 1. The molecule has 0 aliphatic carbocycles. The molecule has 3 rings (SSSR count). The highest BCUT2D eigenvalue weighted by Gasteiger charge is 2.38. The van der Waals surface area contributed by atoms with Crippen molar-refractivity contribution < 1.29 is 22.8 Å². The Morgan fingerprint density at radius 1 is 1.08 bits per heavy atom. The van der Waals surface area contributed by atoms with E-state index in [4.69, 9.17) is 0 Å². The smallest absolute Gasteiger partial charge is 0.311 e. The standard InChI is InChI=1S/C19H16F3NO2/c1-2-23-15-9-8-14(19(20,21)22)10-13(15)11-16(24)17(18(23)25)12-6-4-3-5-7-12/h3-10,17H,2,11H2,1H3. The van der Waals surface area contributed by atoms with E-state index in [0.717, 1.165) is 12.1 Å². The highest BCUT2D eigenvalue weighted by atomic mass is 19.4. The Morgan fingerprint density at radius 3 is 2.36 bits per heavy atom. The average Bonchev–Trinajstić information content (AvgIpc) is 2.67. The number of carbonyl (C=O) groups excluding carboxylic acids is 2. The van der Waals surface area contributed by atoms with E-state index >= 15 is 0 Å². The Morgan fingerprint density at radius 2 is 1.76 bits per heavy atom. The van der Waals surface area contributed by atoms with Gasteiger partial charge in [-0.25, -0.2) is 0 Å². The molecule has 130 valence electrons. The summed E-state index contributed by atoms with van der Waals surface area (Å²) in [6.45, 7) is 2.00. The molecule has 0 bridgehead atoms. The number of amides is 1. The van der Waals surface area contributed by atoms with Gasteiger partial charge >= 0.3 is 6.18 Å². The van der Waals surface area contributed by atoms with E-state index in [1.807, 2.05) is 0 Å². The van der Waals surface area contributed by atoms with Gasteiger partial charge in [0.05, 0.1) is 5.56 Å². The third-order valence-corrected chi connectivity index (χ3v) is 4.35. The van der Waals surface area contributed by atoms with Gasteiger partial charge < -0.3 is 4.90 Å². The summed E-state index contributed by atoms with van der Waals surface area (Å²) in [5, 5.41) is 0.